The van der Waals surface area contributed by atoms with Crippen molar-refractivity contribution in [2.24, 2.45) is 0 Å². The van der Waals surface area contributed by atoms with Gasteiger partial charge in [-0.3, -0.25) is 4.79 Å². The van der Waals surface area contributed by atoms with Crippen LogP contribution in [0.25, 0.3) is 10.8 Å². The number of fused-ring (bicyclic) bond motifs is 1. The average molecular weight is 275 g/mol. The average Bonchev–Trinajstić information content (AvgIpc) is 2.39. The molecule has 0 aliphatic heterocycles. The molecule has 0 spiro atoms. The van der Waals surface area contributed by atoms with Crippen LogP contribution < -0.4 is 5.32 Å². The number of hydrogen-bond donors (Lipinski definition) is 1. The molecule has 4 heteroatoms. The zero-order valence-corrected chi connectivity index (χ0v) is 11.4. The van der Waals surface area contributed by atoms with Gasteiger partial charge in [-0.2, -0.15) is 0 Å². The lowest BCUT2D eigenvalue weighted by Crippen LogP contribution is -2.32. The number of carbonyl (C=O) groups is 1. The normalized spacial score (nSPS) is 12.1. The quantitative estimate of drug-likeness (QED) is 0.684. The highest BCUT2D eigenvalue weighted by molar-refractivity contribution is 6.34. The minimum absolute atomic E-state index is 0.0250. The lowest BCUT2D eigenvalue weighted by molar-refractivity contribution is 0.0935. The molecule has 1 unspecified atom stereocenters. The van der Waals surface area contributed by atoms with E-state index in [4.69, 9.17) is 11.6 Å². The third-order valence-corrected chi connectivity index (χ3v) is 3.11. The second-order valence-corrected chi connectivity index (χ2v) is 4.78. The highest BCUT2D eigenvalue weighted by Gasteiger charge is 2.12. The lowest BCUT2D eigenvalue weighted by atomic mass is 10.1. The fourth-order valence-corrected chi connectivity index (χ4v) is 2.14. The van der Waals surface area contributed by atoms with Crippen molar-refractivity contribution < 1.29 is 4.79 Å². The Morgan fingerprint density at radius 2 is 2.26 bits per heavy atom. The third-order valence-electron chi connectivity index (χ3n) is 2.82. The van der Waals surface area contributed by atoms with Crippen LogP contribution >= 0.6 is 11.6 Å². The summed E-state index contributed by atoms with van der Waals surface area (Å²) in [5, 5.41) is 4.96. The van der Waals surface area contributed by atoms with Gasteiger partial charge in [0, 0.05) is 11.4 Å². The van der Waals surface area contributed by atoms with Crippen molar-refractivity contribution in [2.75, 3.05) is 0 Å². The minimum Gasteiger partial charge on any atom is -0.348 e. The number of pyridine rings is 1. The number of aromatic nitrogens is 1. The Bertz CT molecular complexity index is 625. The highest BCUT2D eigenvalue weighted by atomic mass is 35.5. The maximum Gasteiger partial charge on any atom is 0.270 e. The molecule has 1 aromatic heterocycles. The summed E-state index contributed by atoms with van der Waals surface area (Å²) in [4.78, 5) is 16.2. The first kappa shape index (κ1) is 13.6. The van der Waals surface area contributed by atoms with Crippen molar-refractivity contribution in [1.82, 2.24) is 10.3 Å². The van der Waals surface area contributed by atoms with E-state index in [1.807, 2.05) is 31.2 Å². The van der Waals surface area contributed by atoms with Gasteiger partial charge in [0.05, 0.1) is 0 Å². The van der Waals surface area contributed by atoms with Crippen LogP contribution in [-0.2, 0) is 0 Å². The third kappa shape index (κ3) is 3.12. The Labute approximate surface area is 117 Å². The first-order valence-corrected chi connectivity index (χ1v) is 6.46. The van der Waals surface area contributed by atoms with E-state index in [0.29, 0.717) is 17.3 Å². The van der Waals surface area contributed by atoms with Gasteiger partial charge in [-0.05, 0) is 24.8 Å². The van der Waals surface area contributed by atoms with Gasteiger partial charge in [0.2, 0.25) is 0 Å². The molecule has 2 aromatic rings. The molecule has 1 amide bonds. The maximum absolute atomic E-state index is 12.1. The van der Waals surface area contributed by atoms with Crippen LogP contribution in [0.15, 0.2) is 43.0 Å². The molecule has 0 aliphatic carbocycles. The Morgan fingerprint density at radius 3 is 3.00 bits per heavy atom. The fraction of sp³-hybridized carbons (Fsp3) is 0.200. The van der Waals surface area contributed by atoms with Crippen LogP contribution in [0.3, 0.4) is 0 Å². The molecule has 1 N–H and O–H groups in total. The van der Waals surface area contributed by atoms with Crippen molar-refractivity contribution in [3.05, 3.63) is 53.8 Å². The van der Waals surface area contributed by atoms with E-state index < -0.39 is 0 Å². The van der Waals surface area contributed by atoms with E-state index in [1.165, 1.54) is 0 Å². The molecule has 19 heavy (non-hydrogen) atoms. The summed E-state index contributed by atoms with van der Waals surface area (Å²) in [7, 11) is 0. The SMILES string of the molecule is C=CCC(C)NC(=O)c1cc2ccccc2c(Cl)n1. The molecule has 0 bridgehead atoms. The molecule has 98 valence electrons. The number of rotatable bonds is 4. The van der Waals surface area contributed by atoms with E-state index in [-0.39, 0.29) is 11.9 Å². The zero-order valence-electron chi connectivity index (χ0n) is 10.7. The number of benzene rings is 1. The van der Waals surface area contributed by atoms with E-state index in [2.05, 4.69) is 16.9 Å². The van der Waals surface area contributed by atoms with Crippen molar-refractivity contribution in [3.63, 3.8) is 0 Å². The largest absolute Gasteiger partial charge is 0.348 e. The molecule has 0 radical (unpaired) electrons. The lowest BCUT2D eigenvalue weighted by Gasteiger charge is -2.12. The molecular weight excluding hydrogens is 260 g/mol. The summed E-state index contributed by atoms with van der Waals surface area (Å²) in [6, 6.07) is 9.36. The first-order chi connectivity index (χ1) is 9.11. The van der Waals surface area contributed by atoms with Gasteiger partial charge in [0.1, 0.15) is 10.8 Å². The van der Waals surface area contributed by atoms with E-state index in [9.17, 15) is 4.79 Å². The minimum atomic E-state index is -0.220. The fourth-order valence-electron chi connectivity index (χ4n) is 1.88. The van der Waals surface area contributed by atoms with Crippen LogP contribution in [0.2, 0.25) is 5.15 Å². The predicted molar refractivity (Wildman–Crippen MR) is 78.5 cm³/mol. The summed E-state index contributed by atoms with van der Waals surface area (Å²) in [6.07, 6.45) is 2.48. The van der Waals surface area contributed by atoms with Crippen molar-refractivity contribution >= 4 is 28.3 Å². The Morgan fingerprint density at radius 1 is 1.53 bits per heavy atom. The van der Waals surface area contributed by atoms with Gasteiger partial charge in [-0.25, -0.2) is 4.98 Å². The van der Waals surface area contributed by atoms with E-state index in [0.717, 1.165) is 10.8 Å². The van der Waals surface area contributed by atoms with Gasteiger partial charge in [0.25, 0.3) is 5.91 Å². The van der Waals surface area contributed by atoms with Crippen LogP contribution in [0.4, 0.5) is 0 Å². The molecule has 2 rings (SSSR count). The maximum atomic E-state index is 12.1. The zero-order chi connectivity index (χ0) is 13.8. The molecule has 3 nitrogen and oxygen atoms in total. The van der Waals surface area contributed by atoms with Crippen LogP contribution in [0.1, 0.15) is 23.8 Å². The Balaban J connectivity index is 2.30. The number of nitrogens with zero attached hydrogens (tertiary/aromatic N) is 1. The summed E-state index contributed by atoms with van der Waals surface area (Å²) in [6.45, 7) is 5.57. The summed E-state index contributed by atoms with van der Waals surface area (Å²) in [5.74, 6) is -0.220. The number of halogens is 1. The Kier molecular flexibility index (Phi) is 4.17. The molecule has 0 saturated carbocycles. The van der Waals surface area contributed by atoms with Crippen LogP contribution in [0.5, 0.6) is 0 Å². The molecule has 1 heterocycles. The van der Waals surface area contributed by atoms with E-state index in [1.54, 1.807) is 12.1 Å². The molecule has 0 saturated heterocycles. The molecule has 0 aliphatic rings. The summed E-state index contributed by atoms with van der Waals surface area (Å²) < 4.78 is 0. The van der Waals surface area contributed by atoms with Crippen molar-refractivity contribution in [1.29, 1.82) is 0 Å². The standard InChI is InChI=1S/C15H15ClN2O/c1-3-6-10(2)17-15(19)13-9-11-7-4-5-8-12(11)14(16)18-13/h3-5,7-10H,1,6H2,2H3,(H,17,19). The molecule has 0 fully saturated rings. The second-order valence-electron chi connectivity index (χ2n) is 4.42. The van der Waals surface area contributed by atoms with Crippen molar-refractivity contribution in [2.45, 2.75) is 19.4 Å². The van der Waals surface area contributed by atoms with Gasteiger partial charge >= 0.3 is 0 Å². The highest BCUT2D eigenvalue weighted by Crippen LogP contribution is 2.22. The molecule has 1 aromatic carbocycles. The van der Waals surface area contributed by atoms with Gasteiger partial charge in [-0.1, -0.05) is 41.9 Å². The van der Waals surface area contributed by atoms with Crippen molar-refractivity contribution in [3.8, 4) is 0 Å². The number of hydrogen-bond acceptors (Lipinski definition) is 2. The predicted octanol–water partition coefficient (Wildman–Crippen LogP) is 3.58. The Hall–Kier alpha value is -1.87. The molecule has 1 atom stereocenters. The molecular formula is C15H15ClN2O. The summed E-state index contributed by atoms with van der Waals surface area (Å²) in [5.41, 5.74) is 0.333. The second kappa shape index (κ2) is 5.85. The van der Waals surface area contributed by atoms with Crippen LogP contribution in [-0.4, -0.2) is 16.9 Å². The number of amides is 1. The van der Waals surface area contributed by atoms with Gasteiger partial charge in [-0.15, -0.1) is 6.58 Å². The number of nitrogens with one attached hydrogen (secondary N) is 1. The smallest absolute Gasteiger partial charge is 0.270 e. The van der Waals surface area contributed by atoms with Gasteiger partial charge < -0.3 is 5.32 Å². The monoisotopic (exact) mass is 274 g/mol. The first-order valence-electron chi connectivity index (χ1n) is 6.09. The van der Waals surface area contributed by atoms with Crippen LogP contribution in [0, 0.1) is 0 Å². The van der Waals surface area contributed by atoms with E-state index >= 15 is 0 Å². The van der Waals surface area contributed by atoms with Gasteiger partial charge in [0.15, 0.2) is 0 Å². The summed E-state index contributed by atoms with van der Waals surface area (Å²) >= 11 is 6.10. The number of carbonyl (C=O) groups excluding carboxylic acids is 1. The topological polar surface area (TPSA) is 42.0 Å².